The zero-order valence-electron chi connectivity index (χ0n) is 31.4. The first kappa shape index (κ1) is 45.0. The Morgan fingerprint density at radius 1 is 0.388 bits per heavy atom. The third-order valence-electron chi connectivity index (χ3n) is 5.51. The van der Waals surface area contributed by atoms with E-state index in [2.05, 4.69) is 37.2 Å². The van der Waals surface area contributed by atoms with Gasteiger partial charge in [-0.15, -0.1) is 0 Å². The molecule has 0 heterocycles. The first-order chi connectivity index (χ1) is 22.3. The van der Waals surface area contributed by atoms with Gasteiger partial charge in [0.15, 0.2) is 0 Å². The Morgan fingerprint density at radius 3 is 0.816 bits per heavy atom. The summed E-state index contributed by atoms with van der Waals surface area (Å²) in [5.41, 5.74) is -2.90. The second-order valence-corrected chi connectivity index (χ2v) is 15.3. The van der Waals surface area contributed by atoms with Gasteiger partial charge in [0.05, 0.1) is 11.8 Å². The van der Waals surface area contributed by atoms with Crippen LogP contribution in [0.2, 0.25) is 0 Å². The molecule has 0 rings (SSSR count). The summed E-state index contributed by atoms with van der Waals surface area (Å²) >= 11 is 0. The van der Waals surface area contributed by atoms with Gasteiger partial charge >= 0.3 is 24.4 Å². The van der Waals surface area contributed by atoms with Crippen molar-refractivity contribution in [3.63, 3.8) is 0 Å². The van der Waals surface area contributed by atoms with Crippen LogP contribution in [-0.4, -0.2) is 111 Å². The van der Waals surface area contributed by atoms with E-state index in [0.29, 0.717) is 13.1 Å². The van der Waals surface area contributed by atoms with E-state index in [0.717, 1.165) is 0 Å². The van der Waals surface area contributed by atoms with Crippen LogP contribution in [0.25, 0.3) is 0 Å². The molecular weight excluding hydrogens is 642 g/mol. The SMILES string of the molecule is CC(C)(C)OC(=O)NCC(CNC(=O)OC(C)(C)C)C(=O)NCCNCCNC(=O)C(CNC(=O)OC(C)(C)C)CNC(=O)OC(C)(C)C. The van der Waals surface area contributed by atoms with Crippen molar-refractivity contribution in [2.24, 2.45) is 11.8 Å². The number of alkyl carbamates (subject to hydrolysis) is 4. The van der Waals surface area contributed by atoms with Crippen molar-refractivity contribution in [3.8, 4) is 0 Å². The van der Waals surface area contributed by atoms with Gasteiger partial charge < -0.3 is 56.2 Å². The van der Waals surface area contributed by atoms with Gasteiger partial charge in [-0.3, -0.25) is 9.59 Å². The molecule has 0 saturated heterocycles. The molecule has 0 bridgehead atoms. The van der Waals surface area contributed by atoms with Gasteiger partial charge in [0.25, 0.3) is 0 Å². The van der Waals surface area contributed by atoms with Crippen molar-refractivity contribution >= 4 is 36.2 Å². The highest BCUT2D eigenvalue weighted by Gasteiger charge is 2.26. The number of ether oxygens (including phenoxy) is 4. The van der Waals surface area contributed by atoms with Crippen molar-refractivity contribution in [1.29, 1.82) is 0 Å². The lowest BCUT2D eigenvalue weighted by molar-refractivity contribution is -0.125. The fourth-order valence-electron chi connectivity index (χ4n) is 3.56. The molecule has 49 heavy (non-hydrogen) atoms. The molecule has 0 fully saturated rings. The van der Waals surface area contributed by atoms with Crippen LogP contribution in [0.15, 0.2) is 0 Å². The van der Waals surface area contributed by atoms with Crippen molar-refractivity contribution in [1.82, 2.24) is 37.2 Å². The average Bonchev–Trinajstić information content (AvgIpc) is 2.88. The standard InChI is InChI=1S/C32H61N7O10/c1-29(2,3)46-25(42)36-17-21(18-37-26(43)47-30(4,5)6)23(40)34-15-13-33-14-16-35-24(41)22(19-38-27(44)48-31(7,8)9)20-39-28(45)49-32(10,11)12/h21-22,33H,13-20H2,1-12H3,(H,34,40)(H,35,41)(H,36,42)(H,37,43)(H,38,44)(H,39,45). The molecule has 17 heteroatoms. The van der Waals surface area contributed by atoms with Crippen LogP contribution in [0.3, 0.4) is 0 Å². The normalized spacial score (nSPS) is 12.0. The number of nitrogens with one attached hydrogen (secondary N) is 7. The summed E-state index contributed by atoms with van der Waals surface area (Å²) in [4.78, 5) is 74.3. The van der Waals surface area contributed by atoms with Crippen molar-refractivity contribution in [3.05, 3.63) is 0 Å². The van der Waals surface area contributed by atoms with E-state index in [-0.39, 0.29) is 39.3 Å². The number of rotatable bonds is 16. The van der Waals surface area contributed by atoms with Gasteiger partial charge in [-0.1, -0.05) is 0 Å². The highest BCUT2D eigenvalue weighted by Crippen LogP contribution is 2.10. The maximum atomic E-state index is 12.9. The average molecular weight is 704 g/mol. The third kappa shape index (κ3) is 26.6. The first-order valence-corrected chi connectivity index (χ1v) is 16.4. The van der Waals surface area contributed by atoms with E-state index in [1.165, 1.54) is 0 Å². The molecule has 0 radical (unpaired) electrons. The lowest BCUT2D eigenvalue weighted by Gasteiger charge is -2.23. The Labute approximate surface area is 290 Å². The second-order valence-electron chi connectivity index (χ2n) is 15.3. The summed E-state index contributed by atoms with van der Waals surface area (Å²) in [6.07, 6.45) is -2.80. The topological polar surface area (TPSA) is 224 Å². The van der Waals surface area contributed by atoms with Crippen LogP contribution >= 0.6 is 0 Å². The molecule has 17 nitrogen and oxygen atoms in total. The monoisotopic (exact) mass is 703 g/mol. The predicted molar refractivity (Wildman–Crippen MR) is 183 cm³/mol. The van der Waals surface area contributed by atoms with Crippen LogP contribution in [-0.2, 0) is 28.5 Å². The summed E-state index contributed by atoms with van der Waals surface area (Å²) in [5, 5.41) is 18.8. The third-order valence-corrected chi connectivity index (χ3v) is 5.51. The van der Waals surface area contributed by atoms with Crippen molar-refractivity contribution in [2.75, 3.05) is 52.4 Å². The van der Waals surface area contributed by atoms with E-state index in [4.69, 9.17) is 18.9 Å². The van der Waals surface area contributed by atoms with Gasteiger partial charge in [-0.2, -0.15) is 0 Å². The molecule has 0 spiro atoms. The van der Waals surface area contributed by atoms with Crippen LogP contribution in [0.1, 0.15) is 83.1 Å². The highest BCUT2D eigenvalue weighted by molar-refractivity contribution is 5.81. The molecule has 0 aromatic rings. The smallest absolute Gasteiger partial charge is 0.407 e. The minimum absolute atomic E-state index is 0.0945. The van der Waals surface area contributed by atoms with Crippen molar-refractivity contribution in [2.45, 2.75) is 105 Å². The maximum Gasteiger partial charge on any atom is 0.407 e. The lowest BCUT2D eigenvalue weighted by atomic mass is 10.1. The summed E-state index contributed by atoms with van der Waals surface area (Å²) in [5.74, 6) is -2.47. The molecule has 0 aliphatic heterocycles. The predicted octanol–water partition coefficient (Wildman–Crippen LogP) is 2.14. The molecule has 0 aromatic heterocycles. The quantitative estimate of drug-likeness (QED) is 0.0911. The fourth-order valence-corrected chi connectivity index (χ4v) is 3.56. The minimum atomic E-state index is -0.820. The summed E-state index contributed by atoms with van der Waals surface area (Å²) in [7, 11) is 0. The number of amides is 6. The molecule has 0 saturated carbocycles. The summed E-state index contributed by atoms with van der Waals surface area (Å²) in [6, 6.07) is 0. The molecule has 7 N–H and O–H groups in total. The Morgan fingerprint density at radius 2 is 0.612 bits per heavy atom. The maximum absolute atomic E-state index is 12.9. The van der Waals surface area contributed by atoms with Crippen LogP contribution in [0, 0.1) is 11.8 Å². The van der Waals surface area contributed by atoms with E-state index in [1.807, 2.05) is 0 Å². The van der Waals surface area contributed by atoms with E-state index < -0.39 is 70.4 Å². The Hall–Kier alpha value is -4.02. The fraction of sp³-hybridized carbons (Fsp3) is 0.812. The zero-order chi connectivity index (χ0) is 38.1. The van der Waals surface area contributed by atoms with Crippen LogP contribution < -0.4 is 37.2 Å². The van der Waals surface area contributed by atoms with Gasteiger partial charge in [-0.25, -0.2) is 19.2 Å². The van der Waals surface area contributed by atoms with Gasteiger partial charge in [0.1, 0.15) is 22.4 Å². The van der Waals surface area contributed by atoms with Gasteiger partial charge in [0, 0.05) is 52.4 Å². The molecule has 0 aromatic carbocycles. The molecule has 0 aliphatic rings. The number of hydrogen-bond donors (Lipinski definition) is 7. The molecule has 6 amide bonds. The van der Waals surface area contributed by atoms with Crippen LogP contribution in [0.5, 0.6) is 0 Å². The van der Waals surface area contributed by atoms with Crippen LogP contribution in [0.4, 0.5) is 19.2 Å². The number of carbonyl (C=O) groups is 6. The first-order valence-electron chi connectivity index (χ1n) is 16.4. The van der Waals surface area contributed by atoms with E-state index in [9.17, 15) is 28.8 Å². The van der Waals surface area contributed by atoms with E-state index >= 15 is 0 Å². The molecule has 0 aliphatic carbocycles. The Bertz CT molecular complexity index is 942. The van der Waals surface area contributed by atoms with Gasteiger partial charge in [0.2, 0.25) is 11.8 Å². The van der Waals surface area contributed by atoms with E-state index in [1.54, 1.807) is 83.1 Å². The summed E-state index contributed by atoms with van der Waals surface area (Å²) < 4.78 is 20.9. The Balaban J connectivity index is 4.92. The van der Waals surface area contributed by atoms with Gasteiger partial charge in [-0.05, 0) is 83.1 Å². The molecule has 0 unspecified atom stereocenters. The minimum Gasteiger partial charge on any atom is -0.444 e. The molecule has 284 valence electrons. The molecular formula is C32H61N7O10. The summed E-state index contributed by atoms with van der Waals surface area (Å²) in [6.45, 7) is 21.3. The molecule has 0 atom stereocenters. The number of hydrogen-bond acceptors (Lipinski definition) is 11. The van der Waals surface area contributed by atoms with Crippen molar-refractivity contribution < 1.29 is 47.7 Å². The zero-order valence-corrected chi connectivity index (χ0v) is 31.4. The number of carbonyl (C=O) groups excluding carboxylic acids is 6. The Kier molecular flexibility index (Phi) is 18.8. The largest absolute Gasteiger partial charge is 0.444 e. The highest BCUT2D eigenvalue weighted by atomic mass is 16.6. The lowest BCUT2D eigenvalue weighted by Crippen LogP contribution is -2.48. The second kappa shape index (κ2) is 20.5.